The van der Waals surface area contributed by atoms with Crippen LogP contribution in [0.15, 0.2) is 30.3 Å². The van der Waals surface area contributed by atoms with Crippen molar-refractivity contribution in [3.05, 3.63) is 35.9 Å². The van der Waals surface area contributed by atoms with Crippen molar-refractivity contribution in [3.8, 4) is 0 Å². The zero-order valence-electron chi connectivity index (χ0n) is 12.8. The van der Waals surface area contributed by atoms with E-state index in [0.717, 1.165) is 5.56 Å². The van der Waals surface area contributed by atoms with Gasteiger partial charge in [-0.3, -0.25) is 14.0 Å². The van der Waals surface area contributed by atoms with Gasteiger partial charge in [-0.2, -0.15) is 0 Å². The predicted molar refractivity (Wildman–Crippen MR) is 84.7 cm³/mol. The van der Waals surface area contributed by atoms with Crippen molar-refractivity contribution in [2.45, 2.75) is 37.8 Å². The maximum atomic E-state index is 11.6. The molecule has 1 aromatic rings. The van der Waals surface area contributed by atoms with Gasteiger partial charge >= 0.3 is 15.2 Å². The second-order valence-electron chi connectivity index (χ2n) is 5.55. The summed E-state index contributed by atoms with van der Waals surface area (Å²) in [5, 5.41) is 0. The molecule has 0 aliphatic carbocycles. The van der Waals surface area contributed by atoms with Crippen LogP contribution in [0.5, 0.6) is 0 Å². The average Bonchev–Trinajstić information content (AvgIpc) is 2.37. The highest BCUT2D eigenvalue weighted by Crippen LogP contribution is 2.51. The van der Waals surface area contributed by atoms with E-state index >= 15 is 0 Å². The summed E-state index contributed by atoms with van der Waals surface area (Å²) >= 11 is 0. The van der Waals surface area contributed by atoms with Crippen molar-refractivity contribution >= 4 is 15.2 Å². The Kier molecular flexibility index (Phi) is 6.54. The van der Waals surface area contributed by atoms with Crippen LogP contribution < -0.4 is 0 Å². The Hall–Kier alpha value is -0.520. The van der Waals surface area contributed by atoms with Gasteiger partial charge in [0.15, 0.2) is 0 Å². The summed E-state index contributed by atoms with van der Waals surface area (Å²) in [5.41, 5.74) is -1.49. The molecule has 0 aliphatic rings. The van der Waals surface area contributed by atoms with Crippen LogP contribution in [0.3, 0.4) is 0 Å². The third-order valence-electron chi connectivity index (χ3n) is 3.83. The Labute approximate surface area is 130 Å². The molecular weight excluding hydrogens is 328 g/mol. The molecule has 0 aromatic heterocycles. The summed E-state index contributed by atoms with van der Waals surface area (Å²) in [6.45, 7) is 2.97. The van der Waals surface area contributed by atoms with E-state index in [1.807, 2.05) is 30.3 Å². The van der Waals surface area contributed by atoms with Crippen molar-refractivity contribution in [1.29, 1.82) is 0 Å². The SMILES string of the molecule is CC(C(C(C)P(=O)(O)O)N(C)Cc1ccccc1)P(=O)(O)O. The number of benzene rings is 1. The molecule has 0 aliphatic heterocycles. The number of hydrogen-bond acceptors (Lipinski definition) is 3. The Balaban J connectivity index is 3.09. The Bertz CT molecular complexity index is 541. The van der Waals surface area contributed by atoms with Crippen molar-refractivity contribution in [2.75, 3.05) is 7.05 Å². The van der Waals surface area contributed by atoms with Gasteiger partial charge in [0, 0.05) is 12.6 Å². The zero-order chi connectivity index (χ0) is 17.1. The van der Waals surface area contributed by atoms with Gasteiger partial charge in [-0.05, 0) is 26.5 Å². The molecule has 0 saturated carbocycles. The molecular formula is C13H23NO6P2. The molecule has 1 aromatic carbocycles. The number of hydrogen-bond donors (Lipinski definition) is 4. The average molecular weight is 351 g/mol. The van der Waals surface area contributed by atoms with Crippen molar-refractivity contribution in [3.63, 3.8) is 0 Å². The Morgan fingerprint density at radius 1 is 0.955 bits per heavy atom. The smallest absolute Gasteiger partial charge is 0.324 e. The molecule has 9 heteroatoms. The largest absolute Gasteiger partial charge is 0.329 e. The normalized spacial score (nSPS) is 17.3. The Morgan fingerprint density at radius 2 is 1.36 bits per heavy atom. The van der Waals surface area contributed by atoms with Crippen molar-refractivity contribution in [2.24, 2.45) is 0 Å². The molecule has 126 valence electrons. The van der Waals surface area contributed by atoms with Gasteiger partial charge in [0.2, 0.25) is 0 Å². The molecule has 4 N–H and O–H groups in total. The van der Waals surface area contributed by atoms with E-state index in [1.54, 1.807) is 11.9 Å². The minimum atomic E-state index is -4.48. The van der Waals surface area contributed by atoms with Crippen LogP contribution in [0.25, 0.3) is 0 Å². The first kappa shape index (κ1) is 19.5. The molecule has 2 unspecified atom stereocenters. The zero-order valence-corrected chi connectivity index (χ0v) is 14.6. The molecule has 0 heterocycles. The predicted octanol–water partition coefficient (Wildman–Crippen LogP) is 1.62. The molecule has 2 atom stereocenters. The highest BCUT2D eigenvalue weighted by Gasteiger charge is 2.43. The van der Waals surface area contributed by atoms with Crippen LogP contribution in [0.4, 0.5) is 0 Å². The number of rotatable bonds is 7. The van der Waals surface area contributed by atoms with Crippen LogP contribution in [0.1, 0.15) is 19.4 Å². The maximum Gasteiger partial charge on any atom is 0.329 e. The Morgan fingerprint density at radius 3 is 1.73 bits per heavy atom. The molecule has 7 nitrogen and oxygen atoms in total. The molecule has 0 fully saturated rings. The summed E-state index contributed by atoms with van der Waals surface area (Å²) < 4.78 is 23.2. The summed E-state index contributed by atoms with van der Waals surface area (Å²) in [6.07, 6.45) is 0. The van der Waals surface area contributed by atoms with Gasteiger partial charge in [0.25, 0.3) is 0 Å². The topological polar surface area (TPSA) is 118 Å². The minimum absolute atomic E-state index is 0.334. The van der Waals surface area contributed by atoms with E-state index in [-0.39, 0.29) is 0 Å². The molecule has 22 heavy (non-hydrogen) atoms. The standard InChI is InChI=1S/C13H23NO6P2/c1-10(21(15,16)17)13(11(2)22(18,19)20)14(3)9-12-7-5-4-6-8-12/h4-8,10-11,13H,9H2,1-3H3,(H2,15,16,17)(H2,18,19,20). The van der Waals surface area contributed by atoms with Gasteiger partial charge in [-0.1, -0.05) is 30.3 Å². The highest BCUT2D eigenvalue weighted by molar-refractivity contribution is 7.53. The molecule has 0 radical (unpaired) electrons. The van der Waals surface area contributed by atoms with E-state index in [2.05, 4.69) is 0 Å². The van der Waals surface area contributed by atoms with E-state index in [4.69, 9.17) is 0 Å². The summed E-state index contributed by atoms with van der Waals surface area (Å²) in [7, 11) is -7.35. The third kappa shape index (κ3) is 5.28. The van der Waals surface area contributed by atoms with E-state index in [1.165, 1.54) is 13.8 Å². The fourth-order valence-corrected chi connectivity index (χ4v) is 4.42. The van der Waals surface area contributed by atoms with Crippen LogP contribution in [0.2, 0.25) is 0 Å². The third-order valence-corrected chi connectivity index (χ3v) is 6.57. The molecule has 1 rings (SSSR count). The lowest BCUT2D eigenvalue weighted by Gasteiger charge is -2.37. The molecule has 0 bridgehead atoms. The fraction of sp³-hybridized carbons (Fsp3) is 0.538. The van der Waals surface area contributed by atoms with Gasteiger partial charge in [0.1, 0.15) is 0 Å². The first-order valence-electron chi connectivity index (χ1n) is 6.79. The summed E-state index contributed by atoms with van der Waals surface area (Å²) in [6, 6.07) is 8.24. The van der Waals surface area contributed by atoms with Gasteiger partial charge in [-0.15, -0.1) is 0 Å². The van der Waals surface area contributed by atoms with E-state index in [9.17, 15) is 28.7 Å². The lowest BCUT2D eigenvalue weighted by atomic mass is 10.1. The van der Waals surface area contributed by atoms with E-state index < -0.39 is 32.6 Å². The molecule has 0 saturated heterocycles. The monoisotopic (exact) mass is 351 g/mol. The van der Waals surface area contributed by atoms with Crippen molar-refractivity contribution in [1.82, 2.24) is 4.90 Å². The van der Waals surface area contributed by atoms with Gasteiger partial charge < -0.3 is 19.6 Å². The number of nitrogens with zero attached hydrogens (tertiary/aromatic N) is 1. The minimum Gasteiger partial charge on any atom is -0.324 e. The second-order valence-corrected chi connectivity index (χ2v) is 9.54. The lowest BCUT2D eigenvalue weighted by molar-refractivity contribution is 0.198. The van der Waals surface area contributed by atoms with Crippen LogP contribution in [-0.2, 0) is 15.7 Å². The van der Waals surface area contributed by atoms with Gasteiger partial charge in [-0.25, -0.2) is 0 Å². The maximum absolute atomic E-state index is 11.6. The summed E-state index contributed by atoms with van der Waals surface area (Å²) in [5.74, 6) is 0. The fourth-order valence-electron chi connectivity index (χ4n) is 2.51. The summed E-state index contributed by atoms with van der Waals surface area (Å²) in [4.78, 5) is 39.3. The first-order chi connectivity index (χ1) is 9.94. The van der Waals surface area contributed by atoms with Crippen LogP contribution >= 0.6 is 15.2 Å². The first-order valence-corrected chi connectivity index (χ1v) is 10.2. The molecule has 0 amide bonds. The quantitative estimate of drug-likeness (QED) is 0.551. The second kappa shape index (κ2) is 7.37. The van der Waals surface area contributed by atoms with Gasteiger partial charge in [0.05, 0.1) is 11.3 Å². The van der Waals surface area contributed by atoms with Crippen LogP contribution in [0, 0.1) is 0 Å². The van der Waals surface area contributed by atoms with E-state index in [0.29, 0.717) is 6.54 Å². The van der Waals surface area contributed by atoms with Crippen molar-refractivity contribution < 1.29 is 28.7 Å². The van der Waals surface area contributed by atoms with Crippen LogP contribution in [-0.4, -0.2) is 48.9 Å². The molecule has 0 spiro atoms. The lowest BCUT2D eigenvalue weighted by Crippen LogP contribution is -2.46. The highest BCUT2D eigenvalue weighted by atomic mass is 31.2.